The lowest BCUT2D eigenvalue weighted by Gasteiger charge is -2.58. The van der Waals surface area contributed by atoms with Crippen LogP contribution >= 0.6 is 11.3 Å². The van der Waals surface area contributed by atoms with E-state index in [-0.39, 0.29) is 12.0 Å². The summed E-state index contributed by atoms with van der Waals surface area (Å²) in [6, 6.07) is 3.57. The van der Waals surface area contributed by atoms with Crippen LogP contribution in [0.3, 0.4) is 0 Å². The number of amides is 1. The van der Waals surface area contributed by atoms with Crippen molar-refractivity contribution in [3.05, 3.63) is 21.9 Å². The summed E-state index contributed by atoms with van der Waals surface area (Å²) in [6.45, 7) is 7.97. The normalized spacial score (nSPS) is 27.0. The van der Waals surface area contributed by atoms with Gasteiger partial charge in [0.05, 0.1) is 11.0 Å². The fraction of sp³-hybridized carbons (Fsp3) is 0.600. The van der Waals surface area contributed by atoms with Crippen molar-refractivity contribution in [3.63, 3.8) is 0 Å². The molecule has 0 radical (unpaired) electrons. The van der Waals surface area contributed by atoms with Gasteiger partial charge in [-0.3, -0.25) is 4.79 Å². The molecule has 0 spiro atoms. The summed E-state index contributed by atoms with van der Waals surface area (Å²) in [5.41, 5.74) is -1.93. The number of aliphatic carboxylic acids is 1. The summed E-state index contributed by atoms with van der Waals surface area (Å²) in [4.78, 5) is 25.6. The summed E-state index contributed by atoms with van der Waals surface area (Å²) in [5.74, 6) is -1.34. The molecule has 2 N–H and O–H groups in total. The van der Waals surface area contributed by atoms with Gasteiger partial charge in [0, 0.05) is 23.3 Å². The topological polar surface area (TPSA) is 75.6 Å². The van der Waals surface area contributed by atoms with E-state index in [1.807, 2.05) is 33.8 Å². The molecule has 2 atom stereocenters. The van der Waals surface area contributed by atoms with Gasteiger partial charge in [-0.1, -0.05) is 13.8 Å². The maximum Gasteiger partial charge on any atom is 0.330 e. The van der Waals surface area contributed by atoms with Crippen LogP contribution in [0.15, 0.2) is 12.1 Å². The number of carboxylic acid groups (broad SMARTS) is 1. The monoisotopic (exact) mass is 311 g/mol. The number of hydrogen-bond donors (Lipinski definition) is 2. The lowest BCUT2D eigenvalue weighted by atomic mass is 9.54. The van der Waals surface area contributed by atoms with Gasteiger partial charge in [0.25, 0.3) is 5.91 Å². The molecule has 1 aromatic heterocycles. The molecular formula is C15H21NO4S. The molecule has 1 fully saturated rings. The van der Waals surface area contributed by atoms with E-state index in [1.165, 1.54) is 11.3 Å². The number of hydrogen-bond acceptors (Lipinski definition) is 4. The van der Waals surface area contributed by atoms with Gasteiger partial charge in [0.1, 0.15) is 5.54 Å². The van der Waals surface area contributed by atoms with Gasteiger partial charge in [-0.15, -0.1) is 11.3 Å². The SMILES string of the molecule is CCO[C@H]1C[C@](NC(=O)c2ccc(C)s2)(C(=O)O)C1(C)C. The molecule has 1 aliphatic rings. The van der Waals surface area contributed by atoms with E-state index in [0.717, 1.165) is 4.88 Å². The Kier molecular flexibility index (Phi) is 4.13. The van der Waals surface area contributed by atoms with Crippen LogP contribution in [0.4, 0.5) is 0 Å². The first-order valence-corrected chi connectivity index (χ1v) is 7.80. The van der Waals surface area contributed by atoms with E-state index in [0.29, 0.717) is 17.9 Å². The molecule has 116 valence electrons. The van der Waals surface area contributed by atoms with Gasteiger partial charge >= 0.3 is 5.97 Å². The first kappa shape index (κ1) is 16.0. The number of ether oxygens (including phenoxy) is 1. The van der Waals surface area contributed by atoms with Crippen molar-refractivity contribution in [2.45, 2.75) is 45.8 Å². The quantitative estimate of drug-likeness (QED) is 0.876. The first-order chi connectivity index (χ1) is 9.74. The van der Waals surface area contributed by atoms with Gasteiger partial charge in [-0.2, -0.15) is 0 Å². The van der Waals surface area contributed by atoms with Gasteiger partial charge in [-0.25, -0.2) is 4.79 Å². The average molecular weight is 311 g/mol. The number of aryl methyl sites for hydroxylation is 1. The Morgan fingerprint density at radius 1 is 1.48 bits per heavy atom. The van der Waals surface area contributed by atoms with Crippen LogP contribution in [0, 0.1) is 12.3 Å². The molecule has 6 heteroatoms. The predicted octanol–water partition coefficient (Wildman–Crippen LogP) is 2.44. The molecule has 0 aliphatic heterocycles. The van der Waals surface area contributed by atoms with Crippen LogP contribution in [-0.4, -0.2) is 35.2 Å². The zero-order valence-electron chi connectivity index (χ0n) is 12.7. The minimum Gasteiger partial charge on any atom is -0.479 e. The largest absolute Gasteiger partial charge is 0.479 e. The molecule has 1 aliphatic carbocycles. The Balaban J connectivity index is 2.22. The minimum absolute atomic E-state index is 0.163. The highest BCUT2D eigenvalue weighted by atomic mass is 32.1. The van der Waals surface area contributed by atoms with Crippen LogP contribution in [-0.2, 0) is 9.53 Å². The molecule has 1 aromatic rings. The Labute approximate surface area is 128 Å². The molecule has 0 aromatic carbocycles. The number of thiophene rings is 1. The van der Waals surface area contributed by atoms with Crippen LogP contribution < -0.4 is 5.32 Å². The van der Waals surface area contributed by atoms with Crippen LogP contribution in [0.1, 0.15) is 41.7 Å². The van der Waals surface area contributed by atoms with E-state index >= 15 is 0 Å². The molecule has 1 amide bonds. The predicted molar refractivity (Wildman–Crippen MR) is 80.7 cm³/mol. The minimum atomic E-state index is -1.28. The molecule has 1 heterocycles. The van der Waals surface area contributed by atoms with Crippen molar-refractivity contribution in [1.82, 2.24) is 5.32 Å². The maximum absolute atomic E-state index is 12.3. The third-order valence-electron chi connectivity index (χ3n) is 4.42. The number of rotatable bonds is 5. The van der Waals surface area contributed by atoms with Crippen molar-refractivity contribution in [1.29, 1.82) is 0 Å². The zero-order chi connectivity index (χ0) is 15.8. The first-order valence-electron chi connectivity index (χ1n) is 6.98. The smallest absolute Gasteiger partial charge is 0.330 e. The van der Waals surface area contributed by atoms with E-state index in [2.05, 4.69) is 5.32 Å². The molecule has 1 saturated carbocycles. The third kappa shape index (κ3) is 2.46. The summed E-state index contributed by atoms with van der Waals surface area (Å²) in [5, 5.41) is 12.4. The second-order valence-electron chi connectivity index (χ2n) is 5.94. The van der Waals surface area contributed by atoms with Crippen molar-refractivity contribution in [3.8, 4) is 0 Å². The lowest BCUT2D eigenvalue weighted by molar-refractivity contribution is -0.190. The van der Waals surface area contributed by atoms with Gasteiger partial charge in [0.2, 0.25) is 0 Å². The Bertz CT molecular complexity index is 566. The van der Waals surface area contributed by atoms with Crippen molar-refractivity contribution in [2.24, 2.45) is 5.41 Å². The maximum atomic E-state index is 12.3. The number of nitrogens with one attached hydrogen (secondary N) is 1. The fourth-order valence-electron chi connectivity index (χ4n) is 2.85. The number of carboxylic acids is 1. The Morgan fingerprint density at radius 3 is 2.57 bits per heavy atom. The molecule has 0 bridgehead atoms. The second-order valence-corrected chi connectivity index (χ2v) is 7.23. The van der Waals surface area contributed by atoms with E-state index in [9.17, 15) is 14.7 Å². The van der Waals surface area contributed by atoms with E-state index in [1.54, 1.807) is 6.07 Å². The summed E-state index contributed by atoms with van der Waals surface area (Å²) < 4.78 is 5.58. The fourth-order valence-corrected chi connectivity index (χ4v) is 3.61. The van der Waals surface area contributed by atoms with Crippen molar-refractivity contribution < 1.29 is 19.4 Å². The van der Waals surface area contributed by atoms with Gasteiger partial charge in [-0.05, 0) is 26.0 Å². The number of carbonyl (C=O) groups is 2. The van der Waals surface area contributed by atoms with Gasteiger partial charge < -0.3 is 15.2 Å². The third-order valence-corrected chi connectivity index (χ3v) is 5.42. The van der Waals surface area contributed by atoms with Crippen LogP contribution in [0.5, 0.6) is 0 Å². The van der Waals surface area contributed by atoms with Crippen LogP contribution in [0.25, 0.3) is 0 Å². The molecule has 5 nitrogen and oxygen atoms in total. The van der Waals surface area contributed by atoms with E-state index in [4.69, 9.17) is 4.74 Å². The Hall–Kier alpha value is -1.40. The van der Waals surface area contributed by atoms with E-state index < -0.39 is 16.9 Å². The highest BCUT2D eigenvalue weighted by Crippen LogP contribution is 2.51. The molecule has 21 heavy (non-hydrogen) atoms. The highest BCUT2D eigenvalue weighted by molar-refractivity contribution is 7.13. The molecular weight excluding hydrogens is 290 g/mol. The molecule has 0 unspecified atom stereocenters. The van der Waals surface area contributed by atoms with Crippen LogP contribution in [0.2, 0.25) is 0 Å². The van der Waals surface area contributed by atoms with Crippen molar-refractivity contribution >= 4 is 23.2 Å². The summed E-state index contributed by atoms with van der Waals surface area (Å²) in [6.07, 6.45) is 0.128. The molecule has 2 rings (SSSR count). The standard InChI is InChI=1S/C15H21NO4S/c1-5-20-11-8-15(13(18)19,14(11,3)4)16-12(17)10-7-6-9(2)21-10/h6-7,11H,5,8H2,1-4H3,(H,16,17)(H,18,19)/t11-,15-/m0/s1. The van der Waals surface area contributed by atoms with Gasteiger partial charge in [0.15, 0.2) is 0 Å². The highest BCUT2D eigenvalue weighted by Gasteiger charge is 2.66. The average Bonchev–Trinajstić information content (AvgIpc) is 2.83. The number of carbonyl (C=O) groups excluding carboxylic acids is 1. The summed E-state index contributed by atoms with van der Waals surface area (Å²) in [7, 11) is 0. The summed E-state index contributed by atoms with van der Waals surface area (Å²) >= 11 is 1.36. The zero-order valence-corrected chi connectivity index (χ0v) is 13.5. The van der Waals surface area contributed by atoms with Crippen molar-refractivity contribution in [2.75, 3.05) is 6.61 Å². The second kappa shape index (κ2) is 5.42. The molecule has 0 saturated heterocycles. The Morgan fingerprint density at radius 2 is 2.14 bits per heavy atom. The lowest BCUT2D eigenvalue weighted by Crippen LogP contribution is -2.76.